The Morgan fingerprint density at radius 2 is 1.68 bits per heavy atom. The molecule has 0 bridgehead atoms. The van der Waals surface area contributed by atoms with E-state index in [9.17, 15) is 8.42 Å². The minimum atomic E-state index is -3.91. The standard InChI is InChI=1S/C15H15N7O2S/c16-25(23,24)13-3-1-2-10(14(13)15-19-21-22-20-15)9-4-5-11-12(8-9)18-7-6-17-11/h1-8,15,19-22H,(H2,16,23,24). The van der Waals surface area contributed by atoms with Crippen LogP contribution in [0.3, 0.4) is 0 Å². The number of nitrogens with two attached hydrogens (primary N) is 1. The Kier molecular flexibility index (Phi) is 3.92. The van der Waals surface area contributed by atoms with Gasteiger partial charge in [-0.15, -0.1) is 0 Å². The summed E-state index contributed by atoms with van der Waals surface area (Å²) in [6.07, 6.45) is 2.74. The zero-order valence-electron chi connectivity index (χ0n) is 12.9. The summed E-state index contributed by atoms with van der Waals surface area (Å²) >= 11 is 0. The lowest BCUT2D eigenvalue weighted by Crippen LogP contribution is -2.33. The van der Waals surface area contributed by atoms with Gasteiger partial charge in [-0.25, -0.2) is 24.4 Å². The number of benzene rings is 2. The molecule has 1 fully saturated rings. The van der Waals surface area contributed by atoms with E-state index in [0.717, 1.165) is 22.2 Å². The van der Waals surface area contributed by atoms with Crippen LogP contribution < -0.4 is 27.1 Å². The third-order valence-electron chi connectivity index (χ3n) is 3.94. The van der Waals surface area contributed by atoms with Gasteiger partial charge in [0, 0.05) is 18.0 Å². The lowest BCUT2D eigenvalue weighted by Gasteiger charge is -2.18. The highest BCUT2D eigenvalue weighted by Gasteiger charge is 2.26. The van der Waals surface area contributed by atoms with E-state index in [1.807, 2.05) is 24.3 Å². The molecule has 128 valence electrons. The molecule has 25 heavy (non-hydrogen) atoms. The smallest absolute Gasteiger partial charge is 0.238 e. The van der Waals surface area contributed by atoms with Gasteiger partial charge >= 0.3 is 0 Å². The van der Waals surface area contributed by atoms with Crippen molar-refractivity contribution >= 4 is 21.1 Å². The van der Waals surface area contributed by atoms with Crippen LogP contribution in [0.1, 0.15) is 11.7 Å². The van der Waals surface area contributed by atoms with Crippen molar-refractivity contribution in [2.75, 3.05) is 0 Å². The first kappa shape index (κ1) is 16.0. The van der Waals surface area contributed by atoms with Crippen LogP contribution in [-0.4, -0.2) is 18.4 Å². The molecule has 0 aliphatic carbocycles. The van der Waals surface area contributed by atoms with Crippen molar-refractivity contribution in [3.05, 3.63) is 54.4 Å². The molecule has 4 rings (SSSR count). The maximum Gasteiger partial charge on any atom is 0.238 e. The molecule has 0 radical (unpaired) electrons. The highest BCUT2D eigenvalue weighted by atomic mass is 32.2. The minimum absolute atomic E-state index is 0.0414. The summed E-state index contributed by atoms with van der Waals surface area (Å²) in [5.74, 6) is 0. The number of rotatable bonds is 3. The van der Waals surface area contributed by atoms with Gasteiger partial charge in [0.05, 0.1) is 15.9 Å². The largest absolute Gasteiger partial charge is 0.253 e. The summed E-state index contributed by atoms with van der Waals surface area (Å²) in [7, 11) is -3.91. The second-order valence-electron chi connectivity index (χ2n) is 5.49. The van der Waals surface area contributed by atoms with Gasteiger partial charge in [0.15, 0.2) is 0 Å². The minimum Gasteiger partial charge on any atom is -0.253 e. The SMILES string of the molecule is NS(=O)(=O)c1cccc(-c2ccc3nccnc3c2)c1C1NNNN1. The topological polar surface area (TPSA) is 134 Å². The zero-order valence-corrected chi connectivity index (χ0v) is 13.7. The van der Waals surface area contributed by atoms with Crippen molar-refractivity contribution in [2.24, 2.45) is 5.14 Å². The van der Waals surface area contributed by atoms with Crippen LogP contribution in [0.5, 0.6) is 0 Å². The van der Waals surface area contributed by atoms with E-state index in [4.69, 9.17) is 5.14 Å². The Bertz CT molecular complexity index is 1050. The Morgan fingerprint density at radius 1 is 0.960 bits per heavy atom. The van der Waals surface area contributed by atoms with Crippen LogP contribution >= 0.6 is 0 Å². The van der Waals surface area contributed by atoms with Crippen LogP contribution in [0.2, 0.25) is 0 Å². The highest BCUT2D eigenvalue weighted by Crippen LogP contribution is 2.33. The number of hydrazine groups is 3. The molecule has 9 nitrogen and oxygen atoms in total. The third-order valence-corrected chi connectivity index (χ3v) is 4.91. The molecule has 2 aromatic carbocycles. The maximum atomic E-state index is 12.1. The Morgan fingerprint density at radius 3 is 2.40 bits per heavy atom. The van der Waals surface area contributed by atoms with Gasteiger partial charge in [0.25, 0.3) is 0 Å². The van der Waals surface area contributed by atoms with Crippen molar-refractivity contribution in [3.63, 3.8) is 0 Å². The molecule has 0 unspecified atom stereocenters. The monoisotopic (exact) mass is 357 g/mol. The number of sulfonamides is 1. The van der Waals surface area contributed by atoms with Crippen LogP contribution in [0.15, 0.2) is 53.7 Å². The Labute approximate surface area is 143 Å². The highest BCUT2D eigenvalue weighted by molar-refractivity contribution is 7.89. The summed E-state index contributed by atoms with van der Waals surface area (Å²) in [6, 6.07) is 10.6. The van der Waals surface area contributed by atoms with Crippen LogP contribution in [-0.2, 0) is 10.0 Å². The molecule has 2 heterocycles. The molecule has 0 spiro atoms. The molecule has 0 atom stereocenters. The number of aromatic nitrogens is 2. The summed E-state index contributed by atoms with van der Waals surface area (Å²) in [5, 5.41) is 5.42. The lowest BCUT2D eigenvalue weighted by atomic mass is 9.97. The number of primary sulfonamides is 1. The van der Waals surface area contributed by atoms with Crippen LogP contribution in [0.4, 0.5) is 0 Å². The molecule has 6 N–H and O–H groups in total. The van der Waals surface area contributed by atoms with Crippen molar-refractivity contribution in [3.8, 4) is 11.1 Å². The first-order chi connectivity index (χ1) is 12.0. The molecular formula is C15H15N7O2S. The molecular weight excluding hydrogens is 342 g/mol. The molecule has 0 saturated carbocycles. The molecule has 1 aliphatic heterocycles. The Hall–Kier alpha value is -2.47. The van der Waals surface area contributed by atoms with E-state index in [0.29, 0.717) is 5.56 Å². The van der Waals surface area contributed by atoms with E-state index in [1.54, 1.807) is 18.5 Å². The van der Waals surface area contributed by atoms with Crippen LogP contribution in [0, 0.1) is 0 Å². The summed E-state index contributed by atoms with van der Waals surface area (Å²) < 4.78 is 24.1. The number of hydrogen-bond acceptors (Lipinski definition) is 8. The van der Waals surface area contributed by atoms with Crippen molar-refractivity contribution in [2.45, 2.75) is 11.1 Å². The predicted molar refractivity (Wildman–Crippen MR) is 91.6 cm³/mol. The van der Waals surface area contributed by atoms with Gasteiger partial charge in [0.2, 0.25) is 10.0 Å². The molecule has 3 aromatic rings. The van der Waals surface area contributed by atoms with Gasteiger partial charge in [0.1, 0.15) is 6.17 Å². The van der Waals surface area contributed by atoms with Gasteiger partial charge in [-0.2, -0.15) is 11.1 Å². The first-order valence-corrected chi connectivity index (χ1v) is 8.96. The van der Waals surface area contributed by atoms with E-state index in [1.165, 1.54) is 6.07 Å². The number of fused-ring (bicyclic) bond motifs is 1. The van der Waals surface area contributed by atoms with E-state index >= 15 is 0 Å². The first-order valence-electron chi connectivity index (χ1n) is 7.42. The number of hydrogen-bond donors (Lipinski definition) is 5. The van der Waals surface area contributed by atoms with Crippen molar-refractivity contribution in [1.29, 1.82) is 0 Å². The number of nitrogens with zero attached hydrogens (tertiary/aromatic N) is 2. The average Bonchev–Trinajstić information content (AvgIpc) is 3.14. The summed E-state index contributed by atoms with van der Waals surface area (Å²) in [5.41, 5.74) is 14.7. The second-order valence-corrected chi connectivity index (χ2v) is 7.02. The second kappa shape index (κ2) is 6.11. The predicted octanol–water partition coefficient (Wildman–Crippen LogP) is 0.0598. The fourth-order valence-corrected chi connectivity index (χ4v) is 3.67. The quantitative estimate of drug-likeness (QED) is 0.444. The molecule has 1 aromatic heterocycles. The molecule has 1 saturated heterocycles. The van der Waals surface area contributed by atoms with Crippen LogP contribution in [0.25, 0.3) is 22.2 Å². The lowest BCUT2D eigenvalue weighted by molar-refractivity contribution is 0.540. The van der Waals surface area contributed by atoms with Gasteiger partial charge in [-0.3, -0.25) is 9.97 Å². The van der Waals surface area contributed by atoms with Gasteiger partial charge < -0.3 is 0 Å². The van der Waals surface area contributed by atoms with Gasteiger partial charge in [-0.1, -0.05) is 18.2 Å². The fourth-order valence-electron chi connectivity index (χ4n) is 2.87. The Balaban J connectivity index is 1.96. The normalized spacial score (nSPS) is 15.7. The molecule has 1 aliphatic rings. The maximum absolute atomic E-state index is 12.1. The molecule has 0 amide bonds. The third kappa shape index (κ3) is 2.98. The fraction of sp³-hybridized carbons (Fsp3) is 0.0667. The van der Waals surface area contributed by atoms with Crippen molar-refractivity contribution < 1.29 is 8.42 Å². The van der Waals surface area contributed by atoms with E-state index < -0.39 is 16.2 Å². The molecule has 10 heteroatoms. The number of nitrogens with one attached hydrogen (secondary N) is 4. The summed E-state index contributed by atoms with van der Waals surface area (Å²) in [4.78, 5) is 8.60. The summed E-state index contributed by atoms with van der Waals surface area (Å²) in [6.45, 7) is 0. The van der Waals surface area contributed by atoms with Crippen molar-refractivity contribution in [1.82, 2.24) is 31.9 Å². The van der Waals surface area contributed by atoms with E-state index in [2.05, 4.69) is 31.9 Å². The van der Waals surface area contributed by atoms with E-state index in [-0.39, 0.29) is 4.90 Å². The zero-order chi connectivity index (χ0) is 17.4. The average molecular weight is 357 g/mol. The van der Waals surface area contributed by atoms with Gasteiger partial charge in [-0.05, 0) is 29.3 Å².